The molecule has 1 heterocycles. The zero-order chi connectivity index (χ0) is 13.8. The Balaban J connectivity index is 2.03. The molecule has 1 amide bonds. The number of aromatic nitrogens is 1. The molecule has 0 aliphatic heterocycles. The first kappa shape index (κ1) is 13.4. The molecule has 0 unspecified atom stereocenters. The smallest absolute Gasteiger partial charge is 0.228 e. The van der Waals surface area contributed by atoms with E-state index in [1.165, 1.54) is 6.07 Å². The van der Waals surface area contributed by atoms with E-state index >= 15 is 0 Å². The molecule has 5 heteroatoms. The zero-order valence-corrected chi connectivity index (χ0v) is 11.1. The fourth-order valence-corrected chi connectivity index (χ4v) is 1.79. The number of hydrogen-bond acceptors (Lipinski definition) is 3. The monoisotopic (exact) mass is 276 g/mol. The highest BCUT2D eigenvalue weighted by atomic mass is 35.5. The summed E-state index contributed by atoms with van der Waals surface area (Å²) in [5, 5.41) is 12.5. The van der Waals surface area contributed by atoms with E-state index in [0.29, 0.717) is 10.8 Å². The molecule has 1 aromatic heterocycles. The van der Waals surface area contributed by atoms with Crippen molar-refractivity contribution in [3.05, 3.63) is 52.8 Å². The van der Waals surface area contributed by atoms with Gasteiger partial charge in [-0.2, -0.15) is 0 Å². The number of amides is 1. The molecule has 98 valence electrons. The number of aryl methyl sites for hydroxylation is 1. The Morgan fingerprint density at radius 2 is 2.16 bits per heavy atom. The van der Waals surface area contributed by atoms with Crippen molar-refractivity contribution in [1.29, 1.82) is 0 Å². The SMILES string of the molecule is Cc1cc(O)ccc1NC(=O)Cc1ccc(Cl)nc1. The maximum atomic E-state index is 11.9. The Hall–Kier alpha value is -2.07. The van der Waals surface area contributed by atoms with Gasteiger partial charge in [0.15, 0.2) is 0 Å². The number of rotatable bonds is 3. The van der Waals surface area contributed by atoms with E-state index in [0.717, 1.165) is 11.1 Å². The molecule has 0 fully saturated rings. The molecule has 0 spiro atoms. The van der Waals surface area contributed by atoms with Gasteiger partial charge in [0.25, 0.3) is 0 Å². The molecule has 19 heavy (non-hydrogen) atoms. The summed E-state index contributed by atoms with van der Waals surface area (Å²) in [6, 6.07) is 8.21. The van der Waals surface area contributed by atoms with Crippen molar-refractivity contribution < 1.29 is 9.90 Å². The van der Waals surface area contributed by atoms with Crippen molar-refractivity contribution in [3.63, 3.8) is 0 Å². The Kier molecular flexibility index (Phi) is 4.02. The third-order valence-electron chi connectivity index (χ3n) is 2.64. The maximum absolute atomic E-state index is 11.9. The minimum absolute atomic E-state index is 0.141. The van der Waals surface area contributed by atoms with E-state index < -0.39 is 0 Å². The van der Waals surface area contributed by atoms with Crippen LogP contribution in [0, 0.1) is 6.92 Å². The second-order valence-corrected chi connectivity index (χ2v) is 4.60. The fourth-order valence-electron chi connectivity index (χ4n) is 1.68. The van der Waals surface area contributed by atoms with Crippen LogP contribution in [0.4, 0.5) is 5.69 Å². The minimum atomic E-state index is -0.141. The molecule has 1 aromatic carbocycles. The number of benzene rings is 1. The zero-order valence-electron chi connectivity index (χ0n) is 10.4. The van der Waals surface area contributed by atoms with Gasteiger partial charge in [-0.3, -0.25) is 4.79 Å². The molecule has 2 N–H and O–H groups in total. The lowest BCUT2D eigenvalue weighted by Gasteiger charge is -2.08. The molecule has 0 saturated carbocycles. The van der Waals surface area contributed by atoms with Gasteiger partial charge in [-0.05, 0) is 42.3 Å². The van der Waals surface area contributed by atoms with Gasteiger partial charge in [0.2, 0.25) is 5.91 Å². The molecular weight excluding hydrogens is 264 g/mol. The van der Waals surface area contributed by atoms with Gasteiger partial charge in [-0.25, -0.2) is 4.98 Å². The second-order valence-electron chi connectivity index (χ2n) is 4.21. The quantitative estimate of drug-likeness (QED) is 0.669. The normalized spacial score (nSPS) is 10.2. The molecule has 0 bridgehead atoms. The largest absolute Gasteiger partial charge is 0.508 e. The highest BCUT2D eigenvalue weighted by Gasteiger charge is 2.07. The number of phenolic OH excluding ortho intramolecular Hbond substituents is 1. The summed E-state index contributed by atoms with van der Waals surface area (Å²) < 4.78 is 0. The van der Waals surface area contributed by atoms with Crippen LogP contribution in [0.1, 0.15) is 11.1 Å². The summed E-state index contributed by atoms with van der Waals surface area (Å²) in [5.74, 6) is 0.0373. The number of pyridine rings is 1. The minimum Gasteiger partial charge on any atom is -0.508 e. The lowest BCUT2D eigenvalue weighted by molar-refractivity contribution is -0.115. The Labute approximate surface area is 116 Å². The van der Waals surface area contributed by atoms with Crippen LogP contribution >= 0.6 is 11.6 Å². The van der Waals surface area contributed by atoms with Crippen LogP contribution in [0.2, 0.25) is 5.15 Å². The summed E-state index contributed by atoms with van der Waals surface area (Å²) in [7, 11) is 0. The molecule has 2 rings (SSSR count). The van der Waals surface area contributed by atoms with E-state index in [1.807, 2.05) is 6.92 Å². The topological polar surface area (TPSA) is 62.2 Å². The lowest BCUT2D eigenvalue weighted by Crippen LogP contribution is -2.15. The van der Waals surface area contributed by atoms with E-state index in [-0.39, 0.29) is 18.1 Å². The van der Waals surface area contributed by atoms with Crippen molar-refractivity contribution in [2.75, 3.05) is 5.32 Å². The number of hydrogen-bond donors (Lipinski definition) is 2. The first-order valence-electron chi connectivity index (χ1n) is 5.74. The lowest BCUT2D eigenvalue weighted by atomic mass is 10.1. The van der Waals surface area contributed by atoms with Crippen molar-refractivity contribution in [2.45, 2.75) is 13.3 Å². The summed E-state index contributed by atoms with van der Waals surface area (Å²) in [6.45, 7) is 1.82. The maximum Gasteiger partial charge on any atom is 0.228 e. The van der Waals surface area contributed by atoms with E-state index in [2.05, 4.69) is 10.3 Å². The first-order valence-corrected chi connectivity index (χ1v) is 6.12. The predicted octanol–water partition coefficient (Wildman–Crippen LogP) is 2.93. The summed E-state index contributed by atoms with van der Waals surface area (Å²) in [4.78, 5) is 15.8. The first-order chi connectivity index (χ1) is 9.04. The van der Waals surface area contributed by atoms with Crippen LogP contribution < -0.4 is 5.32 Å². The summed E-state index contributed by atoms with van der Waals surface area (Å²) in [5.41, 5.74) is 2.28. The molecule has 2 aromatic rings. The van der Waals surface area contributed by atoms with Crippen molar-refractivity contribution in [2.24, 2.45) is 0 Å². The molecule has 0 radical (unpaired) electrons. The van der Waals surface area contributed by atoms with Gasteiger partial charge in [-0.1, -0.05) is 17.7 Å². The molecule has 4 nitrogen and oxygen atoms in total. The van der Waals surface area contributed by atoms with Gasteiger partial charge in [0.05, 0.1) is 6.42 Å². The molecular formula is C14H13ClN2O2. The number of halogens is 1. The molecule has 0 saturated heterocycles. The number of phenols is 1. The van der Waals surface area contributed by atoms with Gasteiger partial charge in [-0.15, -0.1) is 0 Å². The number of anilines is 1. The van der Waals surface area contributed by atoms with Crippen LogP contribution in [-0.4, -0.2) is 16.0 Å². The highest BCUT2D eigenvalue weighted by molar-refractivity contribution is 6.29. The number of nitrogens with one attached hydrogen (secondary N) is 1. The van der Waals surface area contributed by atoms with Crippen molar-refractivity contribution in [3.8, 4) is 5.75 Å². The second kappa shape index (κ2) is 5.71. The fraction of sp³-hybridized carbons (Fsp3) is 0.143. The summed E-state index contributed by atoms with van der Waals surface area (Å²) in [6.07, 6.45) is 1.80. The Morgan fingerprint density at radius 3 is 2.79 bits per heavy atom. The van der Waals surface area contributed by atoms with Crippen LogP contribution in [0.3, 0.4) is 0 Å². The molecule has 0 atom stereocenters. The standard InChI is InChI=1S/C14H13ClN2O2/c1-9-6-11(18)3-4-12(9)17-14(19)7-10-2-5-13(15)16-8-10/h2-6,8,18H,7H2,1H3,(H,17,19). The van der Waals surface area contributed by atoms with Gasteiger partial charge >= 0.3 is 0 Å². The van der Waals surface area contributed by atoms with Crippen molar-refractivity contribution >= 4 is 23.2 Å². The number of carbonyl (C=O) groups is 1. The average molecular weight is 277 g/mol. The number of aromatic hydroxyl groups is 1. The average Bonchev–Trinajstić information content (AvgIpc) is 2.36. The van der Waals surface area contributed by atoms with Gasteiger partial charge < -0.3 is 10.4 Å². The van der Waals surface area contributed by atoms with Crippen LogP contribution in [-0.2, 0) is 11.2 Å². The van der Waals surface area contributed by atoms with E-state index in [9.17, 15) is 9.90 Å². The molecule has 0 aliphatic carbocycles. The number of carbonyl (C=O) groups excluding carboxylic acids is 1. The van der Waals surface area contributed by atoms with Crippen molar-refractivity contribution in [1.82, 2.24) is 4.98 Å². The Bertz CT molecular complexity index is 597. The Morgan fingerprint density at radius 1 is 1.37 bits per heavy atom. The van der Waals surface area contributed by atoms with E-state index in [4.69, 9.17) is 11.6 Å². The number of nitrogens with zero attached hydrogens (tertiary/aromatic N) is 1. The van der Waals surface area contributed by atoms with Gasteiger partial charge in [0.1, 0.15) is 10.9 Å². The van der Waals surface area contributed by atoms with Crippen LogP contribution in [0.15, 0.2) is 36.5 Å². The van der Waals surface area contributed by atoms with Crippen LogP contribution in [0.25, 0.3) is 0 Å². The van der Waals surface area contributed by atoms with Gasteiger partial charge in [0, 0.05) is 11.9 Å². The predicted molar refractivity (Wildman–Crippen MR) is 74.4 cm³/mol. The third-order valence-corrected chi connectivity index (χ3v) is 2.86. The molecule has 0 aliphatic rings. The third kappa shape index (κ3) is 3.69. The summed E-state index contributed by atoms with van der Waals surface area (Å²) >= 11 is 5.68. The highest BCUT2D eigenvalue weighted by Crippen LogP contribution is 2.20. The van der Waals surface area contributed by atoms with Crippen LogP contribution in [0.5, 0.6) is 5.75 Å². The van der Waals surface area contributed by atoms with E-state index in [1.54, 1.807) is 30.5 Å².